The SMILES string of the molecule is CC1(C(=O)N2CC(F)C2)CCCS1. The highest BCUT2D eigenvalue weighted by molar-refractivity contribution is 8.01. The fourth-order valence-electron chi connectivity index (χ4n) is 1.87. The van der Waals surface area contributed by atoms with Crippen molar-refractivity contribution in [3.05, 3.63) is 0 Å². The van der Waals surface area contributed by atoms with E-state index in [4.69, 9.17) is 0 Å². The van der Waals surface area contributed by atoms with Gasteiger partial charge in [0.25, 0.3) is 0 Å². The monoisotopic (exact) mass is 203 g/mol. The van der Waals surface area contributed by atoms with Crippen LogP contribution in [0.25, 0.3) is 0 Å². The van der Waals surface area contributed by atoms with Gasteiger partial charge < -0.3 is 4.90 Å². The Labute approximate surface area is 81.9 Å². The summed E-state index contributed by atoms with van der Waals surface area (Å²) in [6, 6.07) is 0. The summed E-state index contributed by atoms with van der Waals surface area (Å²) in [6.07, 6.45) is 1.28. The number of alkyl halides is 1. The molecule has 13 heavy (non-hydrogen) atoms. The Balaban J connectivity index is 1.96. The van der Waals surface area contributed by atoms with Crippen molar-refractivity contribution in [1.82, 2.24) is 4.90 Å². The zero-order valence-corrected chi connectivity index (χ0v) is 8.57. The number of hydrogen-bond acceptors (Lipinski definition) is 2. The minimum absolute atomic E-state index is 0.143. The van der Waals surface area contributed by atoms with Crippen molar-refractivity contribution in [2.75, 3.05) is 18.8 Å². The average molecular weight is 203 g/mol. The molecule has 2 aliphatic heterocycles. The summed E-state index contributed by atoms with van der Waals surface area (Å²) in [7, 11) is 0. The Kier molecular flexibility index (Phi) is 2.26. The van der Waals surface area contributed by atoms with Crippen LogP contribution in [0.15, 0.2) is 0 Å². The van der Waals surface area contributed by atoms with Crippen LogP contribution in [-0.4, -0.2) is 40.6 Å². The Bertz CT molecular complexity index is 222. The zero-order chi connectivity index (χ0) is 9.47. The molecule has 2 nitrogen and oxygen atoms in total. The van der Waals surface area contributed by atoms with Gasteiger partial charge in [-0.2, -0.15) is 0 Å². The third-order valence-corrected chi connectivity index (χ3v) is 4.30. The number of likely N-dealkylation sites (tertiary alicyclic amines) is 1. The van der Waals surface area contributed by atoms with Crippen molar-refractivity contribution < 1.29 is 9.18 Å². The molecule has 0 aromatic heterocycles. The van der Waals surface area contributed by atoms with E-state index in [0.717, 1.165) is 18.6 Å². The van der Waals surface area contributed by atoms with E-state index in [1.165, 1.54) is 0 Å². The molecule has 0 spiro atoms. The fraction of sp³-hybridized carbons (Fsp3) is 0.889. The van der Waals surface area contributed by atoms with Crippen molar-refractivity contribution in [2.45, 2.75) is 30.7 Å². The number of amides is 1. The van der Waals surface area contributed by atoms with E-state index >= 15 is 0 Å². The Morgan fingerprint density at radius 2 is 2.31 bits per heavy atom. The molecule has 2 aliphatic rings. The summed E-state index contributed by atoms with van der Waals surface area (Å²) in [4.78, 5) is 13.5. The number of carbonyl (C=O) groups is 1. The molecule has 1 amide bonds. The molecule has 74 valence electrons. The largest absolute Gasteiger partial charge is 0.336 e. The van der Waals surface area contributed by atoms with Crippen LogP contribution < -0.4 is 0 Å². The van der Waals surface area contributed by atoms with Gasteiger partial charge in [-0.25, -0.2) is 4.39 Å². The van der Waals surface area contributed by atoms with Gasteiger partial charge in [0.1, 0.15) is 6.17 Å². The quantitative estimate of drug-likeness (QED) is 0.643. The number of halogens is 1. The van der Waals surface area contributed by atoms with Gasteiger partial charge in [0.2, 0.25) is 5.91 Å². The number of rotatable bonds is 1. The molecule has 1 unspecified atom stereocenters. The summed E-state index contributed by atoms with van der Waals surface area (Å²) in [5, 5.41) is 0. The highest BCUT2D eigenvalue weighted by atomic mass is 32.2. The molecular weight excluding hydrogens is 189 g/mol. The summed E-state index contributed by atoms with van der Waals surface area (Å²) in [5.74, 6) is 1.21. The minimum atomic E-state index is -0.779. The Hall–Kier alpha value is -0.250. The van der Waals surface area contributed by atoms with Gasteiger partial charge >= 0.3 is 0 Å². The molecule has 1 atom stereocenters. The topological polar surface area (TPSA) is 20.3 Å². The Morgan fingerprint density at radius 1 is 1.62 bits per heavy atom. The molecule has 4 heteroatoms. The van der Waals surface area contributed by atoms with Gasteiger partial charge in [0, 0.05) is 0 Å². The van der Waals surface area contributed by atoms with Gasteiger partial charge in [0.15, 0.2) is 0 Å². The van der Waals surface area contributed by atoms with Gasteiger partial charge in [-0.05, 0) is 25.5 Å². The second-order valence-electron chi connectivity index (χ2n) is 3.99. The number of carbonyl (C=O) groups excluding carboxylic acids is 1. The first-order valence-electron chi connectivity index (χ1n) is 4.69. The molecule has 0 aliphatic carbocycles. The third kappa shape index (κ3) is 1.56. The first-order valence-corrected chi connectivity index (χ1v) is 5.68. The second-order valence-corrected chi connectivity index (χ2v) is 5.59. The van der Waals surface area contributed by atoms with Crippen LogP contribution in [-0.2, 0) is 4.79 Å². The summed E-state index contributed by atoms with van der Waals surface area (Å²) in [6.45, 7) is 2.61. The summed E-state index contributed by atoms with van der Waals surface area (Å²) >= 11 is 1.72. The highest BCUT2D eigenvalue weighted by Crippen LogP contribution is 2.40. The molecule has 2 saturated heterocycles. The summed E-state index contributed by atoms with van der Waals surface area (Å²) in [5.41, 5.74) is 0. The molecule has 2 heterocycles. The van der Waals surface area contributed by atoms with Crippen LogP contribution in [0, 0.1) is 0 Å². The van der Waals surface area contributed by atoms with Gasteiger partial charge in [-0.1, -0.05) is 0 Å². The normalized spacial score (nSPS) is 34.8. The van der Waals surface area contributed by atoms with E-state index in [0.29, 0.717) is 13.1 Å². The number of nitrogens with zero attached hydrogens (tertiary/aromatic N) is 1. The van der Waals surface area contributed by atoms with Crippen molar-refractivity contribution in [3.8, 4) is 0 Å². The first kappa shape index (κ1) is 9.31. The lowest BCUT2D eigenvalue weighted by molar-refractivity contribution is -0.140. The maximum absolute atomic E-state index is 12.5. The van der Waals surface area contributed by atoms with E-state index in [2.05, 4.69) is 0 Å². The van der Waals surface area contributed by atoms with Crippen molar-refractivity contribution >= 4 is 17.7 Å². The molecule has 0 saturated carbocycles. The average Bonchev–Trinajstić information content (AvgIpc) is 2.46. The van der Waals surface area contributed by atoms with E-state index < -0.39 is 6.17 Å². The van der Waals surface area contributed by atoms with Crippen molar-refractivity contribution in [3.63, 3.8) is 0 Å². The molecule has 0 aromatic carbocycles. The van der Waals surface area contributed by atoms with E-state index in [9.17, 15) is 9.18 Å². The maximum Gasteiger partial charge on any atom is 0.238 e. The predicted octanol–water partition coefficient (Wildman–Crippen LogP) is 1.45. The number of thioether (sulfide) groups is 1. The minimum Gasteiger partial charge on any atom is -0.336 e. The van der Waals surface area contributed by atoms with Crippen LogP contribution in [0.1, 0.15) is 19.8 Å². The fourth-order valence-corrected chi connectivity index (χ4v) is 3.15. The van der Waals surface area contributed by atoms with Crippen LogP contribution in [0.2, 0.25) is 0 Å². The molecule has 0 bridgehead atoms. The van der Waals surface area contributed by atoms with Crippen molar-refractivity contribution in [1.29, 1.82) is 0 Å². The lowest BCUT2D eigenvalue weighted by Gasteiger charge is -2.39. The number of hydrogen-bond donors (Lipinski definition) is 0. The Morgan fingerprint density at radius 3 is 2.77 bits per heavy atom. The molecule has 2 rings (SSSR count). The highest BCUT2D eigenvalue weighted by Gasteiger charge is 2.43. The van der Waals surface area contributed by atoms with Crippen LogP contribution >= 0.6 is 11.8 Å². The zero-order valence-electron chi connectivity index (χ0n) is 7.75. The standard InChI is InChI=1S/C9H14FNOS/c1-9(3-2-4-13-9)8(12)11-5-7(10)6-11/h7H,2-6H2,1H3. The van der Waals surface area contributed by atoms with E-state index in [1.54, 1.807) is 16.7 Å². The van der Waals surface area contributed by atoms with Gasteiger partial charge in [0.05, 0.1) is 17.8 Å². The van der Waals surface area contributed by atoms with Crippen LogP contribution in [0.5, 0.6) is 0 Å². The first-order chi connectivity index (χ1) is 6.12. The van der Waals surface area contributed by atoms with E-state index in [-0.39, 0.29) is 10.7 Å². The maximum atomic E-state index is 12.5. The van der Waals surface area contributed by atoms with Gasteiger partial charge in [-0.3, -0.25) is 4.79 Å². The second kappa shape index (κ2) is 3.15. The van der Waals surface area contributed by atoms with Crippen LogP contribution in [0.3, 0.4) is 0 Å². The smallest absolute Gasteiger partial charge is 0.238 e. The predicted molar refractivity (Wildman–Crippen MR) is 51.6 cm³/mol. The molecule has 0 aromatic rings. The van der Waals surface area contributed by atoms with Crippen LogP contribution in [0.4, 0.5) is 4.39 Å². The molecular formula is C9H14FNOS. The lowest BCUT2D eigenvalue weighted by atomic mass is 10.0. The summed E-state index contributed by atoms with van der Waals surface area (Å²) < 4.78 is 12.3. The molecule has 2 fully saturated rings. The van der Waals surface area contributed by atoms with Gasteiger partial charge in [-0.15, -0.1) is 11.8 Å². The lowest BCUT2D eigenvalue weighted by Crippen LogP contribution is -2.56. The van der Waals surface area contributed by atoms with E-state index in [1.807, 2.05) is 6.92 Å². The van der Waals surface area contributed by atoms with Crippen molar-refractivity contribution in [2.24, 2.45) is 0 Å². The third-order valence-electron chi connectivity index (χ3n) is 2.80. The molecule has 0 N–H and O–H groups in total. The molecule has 0 radical (unpaired) electrons.